The Hall–Kier alpha value is -11.8. The van der Waals surface area contributed by atoms with Gasteiger partial charge in [-0.25, -0.2) is 14.4 Å². The summed E-state index contributed by atoms with van der Waals surface area (Å²) in [5.41, 5.74) is 4.74. The van der Waals surface area contributed by atoms with Crippen LogP contribution in [0.5, 0.6) is 0 Å². The normalized spacial score (nSPS) is 14.8. The lowest BCUT2D eigenvalue weighted by Crippen LogP contribution is -2.49. The highest BCUT2D eigenvalue weighted by Crippen LogP contribution is 2.38. The Morgan fingerprint density at radius 3 is 1.28 bits per heavy atom. The van der Waals surface area contributed by atoms with E-state index in [0.717, 1.165) is 69.5 Å². The molecule has 4 fully saturated rings. The summed E-state index contributed by atoms with van der Waals surface area (Å²) in [6, 6.07) is 38.8. The first-order chi connectivity index (χ1) is 51.3. The number of anilines is 3. The van der Waals surface area contributed by atoms with Gasteiger partial charge in [0.25, 0.3) is 34.4 Å². The van der Waals surface area contributed by atoms with Crippen LogP contribution >= 0.6 is 11.3 Å². The zero-order valence-corrected chi connectivity index (χ0v) is 59.4. The van der Waals surface area contributed by atoms with Gasteiger partial charge in [0, 0.05) is 119 Å². The lowest BCUT2D eigenvalue weighted by atomic mass is 10.0. The van der Waals surface area contributed by atoms with E-state index in [4.69, 9.17) is 27.5 Å². The van der Waals surface area contributed by atoms with E-state index in [1.54, 1.807) is 95.0 Å². The van der Waals surface area contributed by atoms with Crippen molar-refractivity contribution in [2.45, 2.75) is 65.6 Å². The number of hydrogen-bond donors (Lipinski definition) is 0. The second-order valence-corrected chi connectivity index (χ2v) is 26.5. The van der Waals surface area contributed by atoms with Gasteiger partial charge >= 0.3 is 17.9 Å². The lowest BCUT2D eigenvalue weighted by molar-refractivity contribution is 0.0514. The van der Waals surface area contributed by atoms with Crippen molar-refractivity contribution in [1.82, 2.24) is 33.4 Å². The molecular weight excluding hydrogens is 1360 g/mol. The number of thiophene rings is 1. The Labute approximate surface area is 607 Å². The monoisotopic (exact) mass is 1440 g/mol. The quantitative estimate of drug-likeness (QED) is 0.0605. The first kappa shape index (κ1) is 71.6. The van der Waals surface area contributed by atoms with E-state index in [1.807, 2.05) is 127 Å². The van der Waals surface area contributed by atoms with Crippen LogP contribution in [0.2, 0.25) is 0 Å². The predicted octanol–water partition coefficient (Wildman–Crippen LogP) is 10.9. The molecule has 0 radical (unpaired) electrons. The maximum absolute atomic E-state index is 13.8. The summed E-state index contributed by atoms with van der Waals surface area (Å²) in [5.74, 6) is -1.61. The fraction of sp³-hybridized carbons (Fsp3) is 0.316. The summed E-state index contributed by atoms with van der Waals surface area (Å²) in [7, 11) is 0. The molecule has 0 bridgehead atoms. The molecule has 3 amide bonds. The van der Waals surface area contributed by atoms with Crippen LogP contribution < -0.4 is 31.4 Å². The number of amides is 3. The average Bonchev–Trinajstić information content (AvgIpc) is 1.08. The number of nitrogens with zero attached hydrogens (tertiary/aromatic N) is 10. The van der Waals surface area contributed by atoms with Crippen molar-refractivity contribution in [1.29, 1.82) is 0 Å². The topological polar surface area (TPSA) is 268 Å². The Balaban J connectivity index is 0.000000140. The molecule has 15 rings (SSSR count). The third-order valence-corrected chi connectivity index (χ3v) is 20.2. The largest absolute Gasteiger partial charge is 0.472 e. The zero-order chi connectivity index (χ0) is 73.1. The van der Waals surface area contributed by atoms with Crippen LogP contribution in [0.4, 0.5) is 17.1 Å². The summed E-state index contributed by atoms with van der Waals surface area (Å²) in [6.07, 6.45) is 13.5. The van der Waals surface area contributed by atoms with Crippen molar-refractivity contribution in [3.63, 3.8) is 0 Å². The zero-order valence-electron chi connectivity index (χ0n) is 58.6. The molecule has 0 spiro atoms. The van der Waals surface area contributed by atoms with Gasteiger partial charge in [-0.15, -0.1) is 11.3 Å². The molecule has 3 aliphatic heterocycles. The maximum atomic E-state index is 13.8. The number of ether oxygens (including phenoxy) is 3. The van der Waals surface area contributed by atoms with Crippen LogP contribution in [-0.4, -0.2) is 167 Å². The predicted molar refractivity (Wildman–Crippen MR) is 397 cm³/mol. The van der Waals surface area contributed by atoms with Gasteiger partial charge in [0.15, 0.2) is 11.5 Å². The Morgan fingerprint density at radius 2 is 0.867 bits per heavy atom. The van der Waals surface area contributed by atoms with E-state index < -0.39 is 29.0 Å². The van der Waals surface area contributed by atoms with E-state index in [-0.39, 0.29) is 72.4 Å². The van der Waals surface area contributed by atoms with Gasteiger partial charge in [-0.05, 0) is 111 Å². The number of pyridine rings is 4. The Bertz CT molecular complexity index is 5100. The summed E-state index contributed by atoms with van der Waals surface area (Å²) in [6.45, 7) is 11.9. The molecule has 3 saturated heterocycles. The van der Waals surface area contributed by atoms with Crippen LogP contribution in [0.25, 0.3) is 32.7 Å². The number of carbonyl (C=O) groups excluding carboxylic acids is 6. The van der Waals surface area contributed by atoms with Crippen LogP contribution in [0.1, 0.15) is 125 Å². The highest BCUT2D eigenvalue weighted by atomic mass is 32.1. The van der Waals surface area contributed by atoms with Gasteiger partial charge in [0.05, 0.1) is 96.5 Å². The third kappa shape index (κ3) is 15.1. The molecule has 1 saturated carbocycles. The SMILES string of the molecule is CCOC(=O)c1c(N2CCN(C(=O)c3ccco3)CC2)c2ccccc2n(C2CCCC2)c1=O.CCOC(=O)c1c(N2CCN(C(=O)c3ccco3)CC2)c2ccccc2n(Cc2ccncc2)c1=O.CCOC(=O)c1c(N2CCN(C(=O)c3cccs3)CC2)c2ccccc2n(Cc2ccoc2)c1=O. The van der Waals surface area contributed by atoms with Gasteiger partial charge in [0.2, 0.25) is 0 Å². The van der Waals surface area contributed by atoms with Crippen LogP contribution in [-0.2, 0) is 27.3 Å². The van der Waals surface area contributed by atoms with Gasteiger partial charge in [-0.3, -0.25) is 33.8 Å². The third-order valence-electron chi connectivity index (χ3n) is 19.4. The second-order valence-electron chi connectivity index (χ2n) is 25.5. The molecule has 26 heteroatoms. The van der Waals surface area contributed by atoms with Gasteiger partial charge < -0.3 is 70.6 Å². The van der Waals surface area contributed by atoms with E-state index in [0.29, 0.717) is 119 Å². The maximum Gasteiger partial charge on any atom is 0.345 e. The molecule has 0 unspecified atom stereocenters. The molecule has 3 aromatic carbocycles. The Morgan fingerprint density at radius 1 is 0.448 bits per heavy atom. The number of para-hydroxylation sites is 3. The number of fused-ring (bicyclic) bond motifs is 3. The van der Waals surface area contributed by atoms with Crippen molar-refractivity contribution >= 4 is 96.7 Å². The molecule has 4 aliphatic rings. The summed E-state index contributed by atoms with van der Waals surface area (Å²) < 4.78 is 36.7. The second kappa shape index (κ2) is 32.7. The number of furan rings is 3. The van der Waals surface area contributed by atoms with E-state index in [9.17, 15) is 43.2 Å². The van der Waals surface area contributed by atoms with Crippen molar-refractivity contribution in [2.24, 2.45) is 0 Å². The molecule has 25 nitrogen and oxygen atoms in total. The number of benzene rings is 3. The number of piperazine rings is 3. The van der Waals surface area contributed by atoms with Gasteiger partial charge in [0.1, 0.15) is 16.7 Å². The van der Waals surface area contributed by atoms with Crippen LogP contribution in [0, 0.1) is 0 Å². The van der Waals surface area contributed by atoms with Crippen molar-refractivity contribution in [3.05, 3.63) is 245 Å². The van der Waals surface area contributed by atoms with Crippen LogP contribution in [0.3, 0.4) is 0 Å². The molecular formula is C79H80N10O15S. The van der Waals surface area contributed by atoms with Gasteiger partial charge in [-0.2, -0.15) is 0 Å². The minimum absolute atomic E-state index is 0.00523. The molecule has 11 heterocycles. The molecule has 0 N–H and O–H groups in total. The number of esters is 3. The number of aromatic nitrogens is 4. The fourth-order valence-corrected chi connectivity index (χ4v) is 15.1. The first-order valence-corrected chi connectivity index (χ1v) is 36.3. The van der Waals surface area contributed by atoms with Crippen molar-refractivity contribution < 1.29 is 56.2 Å². The summed E-state index contributed by atoms with van der Waals surface area (Å²) >= 11 is 1.42. The summed E-state index contributed by atoms with van der Waals surface area (Å²) in [5, 5.41) is 4.32. The molecule has 8 aromatic heterocycles. The number of rotatable bonds is 17. The lowest BCUT2D eigenvalue weighted by Gasteiger charge is -2.37. The van der Waals surface area contributed by atoms with E-state index in [1.165, 1.54) is 23.9 Å². The van der Waals surface area contributed by atoms with E-state index in [2.05, 4.69) is 4.98 Å². The average molecular weight is 1440 g/mol. The van der Waals surface area contributed by atoms with Crippen LogP contribution in [0.15, 0.2) is 198 Å². The summed E-state index contributed by atoms with van der Waals surface area (Å²) in [4.78, 5) is 135. The smallest absolute Gasteiger partial charge is 0.345 e. The minimum Gasteiger partial charge on any atom is -0.472 e. The molecule has 1 aliphatic carbocycles. The number of carbonyl (C=O) groups is 6. The van der Waals surface area contributed by atoms with Crippen molar-refractivity contribution in [3.8, 4) is 0 Å². The molecule has 11 aromatic rings. The van der Waals surface area contributed by atoms with E-state index >= 15 is 0 Å². The molecule has 542 valence electrons. The highest BCUT2D eigenvalue weighted by Gasteiger charge is 2.36. The van der Waals surface area contributed by atoms with Crippen molar-refractivity contribution in [2.75, 3.05) is 113 Å². The minimum atomic E-state index is -0.652. The van der Waals surface area contributed by atoms with Gasteiger partial charge in [-0.1, -0.05) is 73.5 Å². The molecule has 0 atom stereocenters. The first-order valence-electron chi connectivity index (χ1n) is 35.4. The number of hydrogen-bond acceptors (Lipinski definition) is 20. The highest BCUT2D eigenvalue weighted by molar-refractivity contribution is 7.12. The Kier molecular flexibility index (Phi) is 22.3. The molecule has 105 heavy (non-hydrogen) atoms. The standard InChI is InChI=1S/C27H26N4O5.C26H25N3O5S.C26H29N3O5/c1-2-35-27(34)23-24(29-13-15-30(16-14-29)25(32)22-8-5-17-36-22)20-6-3-4-7-21(20)31(26(23)33)18-19-9-11-28-12-10-19;1-2-34-26(32)22-23(27-10-12-28(13-11-27)24(30)21-8-5-15-35-21)19-6-3-4-7-20(19)29(25(22)31)16-18-9-14-33-17-18;1-2-33-26(32)22-23(27-13-15-28(16-14-27)24(30)21-12-7-17-34-21)19-10-5-6-11-20(19)29(25(22)31)18-8-3-4-9-18/h3-12,17H,2,13-16,18H2,1H3;3-9,14-15,17H,2,10-13,16H2,1H3;5-7,10-12,17-18H,2-4,8-9,13-16H2,1H3. The fourth-order valence-electron chi connectivity index (χ4n) is 14.4.